The van der Waals surface area contributed by atoms with E-state index in [1.807, 2.05) is 0 Å². The van der Waals surface area contributed by atoms with Gasteiger partial charge in [-0.2, -0.15) is 0 Å². The summed E-state index contributed by atoms with van der Waals surface area (Å²) in [5.41, 5.74) is 0. The van der Waals surface area contributed by atoms with Crippen molar-refractivity contribution in [3.05, 3.63) is 0 Å². The molecule has 4 heteroatoms. The Bertz CT molecular complexity index is 357. The molecule has 2 heterocycles. The van der Waals surface area contributed by atoms with Crippen molar-refractivity contribution in [3.63, 3.8) is 0 Å². The molecule has 0 aromatic heterocycles. The molecule has 2 atom stereocenters. The highest BCUT2D eigenvalue weighted by Crippen LogP contribution is 2.30. The predicted octanol–water partition coefficient (Wildman–Crippen LogP) is 1.53. The van der Waals surface area contributed by atoms with Crippen LogP contribution in [0.4, 0.5) is 0 Å². The van der Waals surface area contributed by atoms with Gasteiger partial charge < -0.3 is 5.11 Å². The minimum Gasteiger partial charge on any atom is -0.391 e. The summed E-state index contributed by atoms with van der Waals surface area (Å²) in [5.74, 6) is 0. The lowest BCUT2D eigenvalue weighted by molar-refractivity contribution is -0.0459. The molecule has 0 bridgehead atoms. The van der Waals surface area contributed by atoms with Crippen molar-refractivity contribution in [2.24, 2.45) is 0 Å². The number of likely N-dealkylation sites (tertiary alicyclic amines) is 1. The summed E-state index contributed by atoms with van der Waals surface area (Å²) >= 11 is 0. The summed E-state index contributed by atoms with van der Waals surface area (Å²) in [6.45, 7) is 7.50. The Morgan fingerprint density at radius 2 is 1.23 bits per heavy atom. The van der Waals surface area contributed by atoms with Crippen molar-refractivity contribution in [2.45, 2.75) is 75.6 Å². The Hall–Kier alpha value is -0.160. The molecule has 4 fully saturated rings. The Balaban J connectivity index is 1.20. The lowest BCUT2D eigenvalue weighted by Crippen LogP contribution is -2.66. The first-order valence-corrected chi connectivity index (χ1v) is 9.71. The van der Waals surface area contributed by atoms with E-state index >= 15 is 0 Å². The van der Waals surface area contributed by atoms with Gasteiger partial charge in [0.1, 0.15) is 0 Å². The van der Waals surface area contributed by atoms with Gasteiger partial charge in [-0.15, -0.1) is 0 Å². The normalized spacial score (nSPS) is 37.5. The standard InChI is InChI=1S/C18H33N3O/c22-18-8-4-7-17(18)21-13-16(14-21)20-11-9-19(10-12-20)15-5-2-1-3-6-15/h15-18,22H,1-14H2. The fourth-order valence-electron chi connectivity index (χ4n) is 5.25. The van der Waals surface area contributed by atoms with Crippen LogP contribution in [0.3, 0.4) is 0 Å². The van der Waals surface area contributed by atoms with Crippen LogP contribution in [0, 0.1) is 0 Å². The van der Waals surface area contributed by atoms with Gasteiger partial charge in [0.2, 0.25) is 0 Å². The Morgan fingerprint density at radius 1 is 0.591 bits per heavy atom. The van der Waals surface area contributed by atoms with Gasteiger partial charge in [-0.3, -0.25) is 14.7 Å². The van der Waals surface area contributed by atoms with E-state index in [1.54, 1.807) is 0 Å². The molecule has 0 radical (unpaired) electrons. The lowest BCUT2D eigenvalue weighted by Gasteiger charge is -2.51. The maximum atomic E-state index is 10.0. The van der Waals surface area contributed by atoms with Crippen molar-refractivity contribution < 1.29 is 5.11 Å². The average Bonchev–Trinajstić information content (AvgIpc) is 2.94. The van der Waals surface area contributed by atoms with Crippen LogP contribution in [0.2, 0.25) is 0 Å². The van der Waals surface area contributed by atoms with Crippen LogP contribution in [0.15, 0.2) is 0 Å². The largest absolute Gasteiger partial charge is 0.391 e. The highest BCUT2D eigenvalue weighted by Gasteiger charge is 2.41. The van der Waals surface area contributed by atoms with Crippen molar-refractivity contribution in [2.75, 3.05) is 39.3 Å². The summed E-state index contributed by atoms with van der Waals surface area (Å²) in [4.78, 5) is 8.03. The Labute approximate surface area is 135 Å². The molecule has 22 heavy (non-hydrogen) atoms. The fourth-order valence-corrected chi connectivity index (χ4v) is 5.25. The molecule has 4 nitrogen and oxygen atoms in total. The second-order valence-electron chi connectivity index (χ2n) is 8.04. The monoisotopic (exact) mass is 307 g/mol. The highest BCUT2D eigenvalue weighted by atomic mass is 16.3. The van der Waals surface area contributed by atoms with E-state index in [4.69, 9.17) is 0 Å². The quantitative estimate of drug-likeness (QED) is 0.856. The second kappa shape index (κ2) is 6.76. The zero-order chi connectivity index (χ0) is 14.9. The summed E-state index contributed by atoms with van der Waals surface area (Å²) in [6.07, 6.45) is 10.6. The maximum absolute atomic E-state index is 10.0. The van der Waals surface area contributed by atoms with E-state index in [0.29, 0.717) is 6.04 Å². The summed E-state index contributed by atoms with van der Waals surface area (Å²) in [5, 5.41) is 10.0. The van der Waals surface area contributed by atoms with Crippen molar-refractivity contribution in [1.82, 2.24) is 14.7 Å². The number of piperazine rings is 1. The van der Waals surface area contributed by atoms with Crippen LogP contribution in [-0.2, 0) is 0 Å². The molecule has 2 unspecified atom stereocenters. The molecule has 4 rings (SSSR count). The fraction of sp³-hybridized carbons (Fsp3) is 1.00. The molecule has 2 aliphatic carbocycles. The minimum absolute atomic E-state index is 0.0518. The number of rotatable bonds is 3. The van der Waals surface area contributed by atoms with Gasteiger partial charge in [-0.1, -0.05) is 19.3 Å². The first-order chi connectivity index (χ1) is 10.8. The number of nitrogens with zero attached hydrogens (tertiary/aromatic N) is 3. The molecule has 0 aromatic rings. The third-order valence-corrected chi connectivity index (χ3v) is 6.76. The van der Waals surface area contributed by atoms with E-state index in [2.05, 4.69) is 14.7 Å². The molecule has 2 saturated heterocycles. The molecule has 2 aliphatic heterocycles. The van der Waals surface area contributed by atoms with Gasteiger partial charge in [0.25, 0.3) is 0 Å². The van der Waals surface area contributed by atoms with E-state index in [9.17, 15) is 5.11 Å². The first-order valence-electron chi connectivity index (χ1n) is 9.71. The molecular formula is C18H33N3O. The van der Waals surface area contributed by atoms with Crippen LogP contribution in [0.25, 0.3) is 0 Å². The molecular weight excluding hydrogens is 274 g/mol. The molecule has 126 valence electrons. The van der Waals surface area contributed by atoms with Gasteiger partial charge in [-0.05, 0) is 32.1 Å². The van der Waals surface area contributed by atoms with Crippen molar-refractivity contribution >= 4 is 0 Å². The van der Waals surface area contributed by atoms with Crippen molar-refractivity contribution in [1.29, 1.82) is 0 Å². The third kappa shape index (κ3) is 3.08. The molecule has 0 amide bonds. The minimum atomic E-state index is -0.0518. The molecule has 1 N–H and O–H groups in total. The van der Waals surface area contributed by atoms with Gasteiger partial charge in [-0.25, -0.2) is 0 Å². The lowest BCUT2D eigenvalue weighted by atomic mass is 9.93. The smallest absolute Gasteiger partial charge is 0.0695 e. The maximum Gasteiger partial charge on any atom is 0.0695 e. The number of hydrogen-bond donors (Lipinski definition) is 1. The highest BCUT2D eigenvalue weighted by molar-refractivity contribution is 4.97. The van der Waals surface area contributed by atoms with Crippen LogP contribution in [0.1, 0.15) is 51.4 Å². The zero-order valence-corrected chi connectivity index (χ0v) is 14.0. The predicted molar refractivity (Wildman–Crippen MR) is 89.0 cm³/mol. The average molecular weight is 307 g/mol. The summed E-state index contributed by atoms with van der Waals surface area (Å²) in [7, 11) is 0. The second-order valence-corrected chi connectivity index (χ2v) is 8.04. The molecule has 2 saturated carbocycles. The van der Waals surface area contributed by atoms with E-state index in [-0.39, 0.29) is 6.10 Å². The topological polar surface area (TPSA) is 30.0 Å². The third-order valence-electron chi connectivity index (χ3n) is 6.76. The Kier molecular flexibility index (Phi) is 4.72. The molecule has 4 aliphatic rings. The number of hydrogen-bond acceptors (Lipinski definition) is 4. The van der Waals surface area contributed by atoms with Crippen LogP contribution < -0.4 is 0 Å². The van der Waals surface area contributed by atoms with Gasteiger partial charge in [0, 0.05) is 57.4 Å². The van der Waals surface area contributed by atoms with Gasteiger partial charge in [0.15, 0.2) is 0 Å². The van der Waals surface area contributed by atoms with Gasteiger partial charge in [0.05, 0.1) is 6.10 Å². The van der Waals surface area contributed by atoms with E-state index in [1.165, 1.54) is 84.2 Å². The van der Waals surface area contributed by atoms with Crippen molar-refractivity contribution in [3.8, 4) is 0 Å². The van der Waals surface area contributed by atoms with Crippen LogP contribution in [-0.4, -0.2) is 83.3 Å². The van der Waals surface area contributed by atoms with Crippen LogP contribution in [0.5, 0.6) is 0 Å². The molecule has 0 aromatic carbocycles. The summed E-state index contributed by atoms with van der Waals surface area (Å²) in [6, 6.07) is 2.13. The number of aliphatic hydroxyl groups is 1. The Morgan fingerprint density at radius 3 is 1.82 bits per heavy atom. The van der Waals surface area contributed by atoms with E-state index < -0.39 is 0 Å². The van der Waals surface area contributed by atoms with Gasteiger partial charge >= 0.3 is 0 Å². The first kappa shape index (κ1) is 15.4. The molecule has 0 spiro atoms. The summed E-state index contributed by atoms with van der Waals surface area (Å²) < 4.78 is 0. The zero-order valence-electron chi connectivity index (χ0n) is 14.0. The number of aliphatic hydroxyl groups excluding tert-OH is 1. The van der Waals surface area contributed by atoms with Crippen LogP contribution >= 0.6 is 0 Å². The SMILES string of the molecule is OC1CCCC1N1CC(N2CCN(C3CCCCC3)CC2)C1. The van der Waals surface area contributed by atoms with E-state index in [0.717, 1.165) is 18.5 Å².